The molecule has 7 nitrogen and oxygen atoms in total. The van der Waals surface area contributed by atoms with E-state index in [2.05, 4.69) is 5.32 Å². The Bertz CT molecular complexity index is 1110. The Morgan fingerprint density at radius 2 is 1.65 bits per heavy atom. The molecule has 34 heavy (non-hydrogen) atoms. The molecular formula is C23H28Cl3N3O4S. The topological polar surface area (TPSA) is 86.8 Å². The number of halogens is 3. The van der Waals surface area contributed by atoms with E-state index in [0.29, 0.717) is 27.2 Å². The van der Waals surface area contributed by atoms with Gasteiger partial charge in [0.1, 0.15) is 6.04 Å². The molecule has 0 unspecified atom stereocenters. The summed E-state index contributed by atoms with van der Waals surface area (Å²) in [5.41, 5.74) is 0.579. The Morgan fingerprint density at radius 1 is 1.03 bits per heavy atom. The van der Waals surface area contributed by atoms with Crippen LogP contribution in [0.5, 0.6) is 0 Å². The number of sulfonamides is 1. The van der Waals surface area contributed by atoms with Gasteiger partial charge in [0.25, 0.3) is 0 Å². The van der Waals surface area contributed by atoms with E-state index in [1.54, 1.807) is 25.1 Å². The molecule has 0 spiro atoms. The summed E-state index contributed by atoms with van der Waals surface area (Å²) in [6.45, 7) is 3.62. The monoisotopic (exact) mass is 547 g/mol. The SMILES string of the molecule is CCCCNC(=O)[C@@H](C)N(Cc1ccc(Cl)cc1Cl)C(=O)CN(C)S(=O)(=O)c1ccc(Cl)cc1. The highest BCUT2D eigenvalue weighted by molar-refractivity contribution is 7.89. The van der Waals surface area contributed by atoms with Crippen LogP contribution in [-0.2, 0) is 26.2 Å². The van der Waals surface area contributed by atoms with E-state index in [4.69, 9.17) is 34.8 Å². The molecule has 2 amide bonds. The van der Waals surface area contributed by atoms with Gasteiger partial charge in [-0.2, -0.15) is 4.31 Å². The number of rotatable bonds is 11. The molecule has 0 aliphatic rings. The molecule has 0 saturated carbocycles. The lowest BCUT2D eigenvalue weighted by atomic mass is 10.1. The highest BCUT2D eigenvalue weighted by atomic mass is 35.5. The molecule has 11 heteroatoms. The fourth-order valence-electron chi connectivity index (χ4n) is 3.10. The van der Waals surface area contributed by atoms with Crippen molar-refractivity contribution in [2.75, 3.05) is 20.1 Å². The zero-order valence-electron chi connectivity index (χ0n) is 19.2. The molecule has 0 saturated heterocycles. The average Bonchev–Trinajstić information content (AvgIpc) is 2.78. The number of hydrogen-bond acceptors (Lipinski definition) is 4. The van der Waals surface area contributed by atoms with Gasteiger partial charge in [-0.3, -0.25) is 9.59 Å². The Labute approximate surface area is 216 Å². The standard InChI is InChI=1S/C23H28Cl3N3O4S/c1-4-5-12-27-23(31)16(2)29(14-17-6-7-19(25)13-21(17)26)22(30)15-28(3)34(32,33)20-10-8-18(24)9-11-20/h6-11,13,16H,4-5,12,14-15H2,1-3H3,(H,27,31)/t16-/m1/s1. The fraction of sp³-hybridized carbons (Fsp3) is 0.391. The molecule has 0 bridgehead atoms. The number of amides is 2. The van der Waals surface area contributed by atoms with Crippen molar-refractivity contribution < 1.29 is 18.0 Å². The molecule has 186 valence electrons. The summed E-state index contributed by atoms with van der Waals surface area (Å²) in [5, 5.41) is 3.98. The summed E-state index contributed by atoms with van der Waals surface area (Å²) >= 11 is 18.1. The summed E-state index contributed by atoms with van der Waals surface area (Å²) < 4.78 is 26.8. The zero-order valence-corrected chi connectivity index (χ0v) is 22.3. The Balaban J connectivity index is 2.28. The van der Waals surface area contributed by atoms with Gasteiger partial charge in [-0.05, 0) is 55.3 Å². The van der Waals surface area contributed by atoms with Gasteiger partial charge in [0, 0.05) is 35.2 Å². The van der Waals surface area contributed by atoms with E-state index in [0.717, 1.165) is 17.1 Å². The summed E-state index contributed by atoms with van der Waals surface area (Å²) in [5.74, 6) is -0.890. The Hall–Kier alpha value is -1.84. The van der Waals surface area contributed by atoms with Crippen molar-refractivity contribution in [1.29, 1.82) is 0 Å². The third-order valence-corrected chi connectivity index (χ3v) is 7.89. The molecule has 0 fully saturated rings. The predicted molar refractivity (Wildman–Crippen MR) is 136 cm³/mol. The van der Waals surface area contributed by atoms with Crippen molar-refractivity contribution in [3.8, 4) is 0 Å². The van der Waals surface area contributed by atoms with E-state index in [-0.39, 0.29) is 17.3 Å². The Kier molecular flexibility index (Phi) is 10.6. The van der Waals surface area contributed by atoms with E-state index in [1.807, 2.05) is 6.92 Å². The minimum atomic E-state index is -3.95. The van der Waals surface area contributed by atoms with Crippen LogP contribution in [0.3, 0.4) is 0 Å². The first-order chi connectivity index (χ1) is 16.0. The van der Waals surface area contributed by atoms with Crippen LogP contribution in [-0.4, -0.2) is 55.6 Å². The van der Waals surface area contributed by atoms with E-state index >= 15 is 0 Å². The molecule has 0 radical (unpaired) electrons. The van der Waals surface area contributed by atoms with Gasteiger partial charge in [-0.15, -0.1) is 0 Å². The van der Waals surface area contributed by atoms with Crippen LogP contribution in [0.4, 0.5) is 0 Å². The number of unbranched alkanes of at least 4 members (excludes halogenated alkanes) is 1. The lowest BCUT2D eigenvalue weighted by Gasteiger charge is -2.30. The zero-order chi connectivity index (χ0) is 25.5. The molecule has 0 aliphatic carbocycles. The van der Waals surface area contributed by atoms with Crippen molar-refractivity contribution in [3.63, 3.8) is 0 Å². The maximum atomic E-state index is 13.3. The van der Waals surface area contributed by atoms with Gasteiger partial charge in [-0.1, -0.05) is 54.2 Å². The van der Waals surface area contributed by atoms with Crippen molar-refractivity contribution in [2.45, 2.75) is 44.2 Å². The summed E-state index contributed by atoms with van der Waals surface area (Å²) in [4.78, 5) is 27.3. The molecule has 2 rings (SSSR count). The number of benzene rings is 2. The maximum absolute atomic E-state index is 13.3. The highest BCUT2D eigenvalue weighted by Gasteiger charge is 2.30. The lowest BCUT2D eigenvalue weighted by Crippen LogP contribution is -2.50. The summed E-state index contributed by atoms with van der Waals surface area (Å²) in [6.07, 6.45) is 1.71. The van der Waals surface area contributed by atoms with Gasteiger partial charge >= 0.3 is 0 Å². The minimum Gasteiger partial charge on any atom is -0.354 e. The third kappa shape index (κ3) is 7.58. The number of likely N-dealkylation sites (N-methyl/N-ethyl adjacent to an activating group) is 1. The molecule has 2 aromatic rings. The molecule has 2 aromatic carbocycles. The van der Waals surface area contributed by atoms with Crippen molar-refractivity contribution in [1.82, 2.24) is 14.5 Å². The first-order valence-electron chi connectivity index (χ1n) is 10.7. The quantitative estimate of drug-likeness (QED) is 0.416. The third-order valence-electron chi connectivity index (χ3n) is 5.23. The predicted octanol–water partition coefficient (Wildman–Crippen LogP) is 4.60. The van der Waals surface area contributed by atoms with Gasteiger partial charge in [0.05, 0.1) is 11.4 Å². The largest absolute Gasteiger partial charge is 0.354 e. The number of carbonyl (C=O) groups excluding carboxylic acids is 2. The molecule has 0 heterocycles. The van der Waals surface area contributed by atoms with Crippen LogP contribution in [0.25, 0.3) is 0 Å². The molecule has 1 N–H and O–H groups in total. The van der Waals surface area contributed by atoms with Gasteiger partial charge < -0.3 is 10.2 Å². The van der Waals surface area contributed by atoms with Crippen LogP contribution in [0.2, 0.25) is 15.1 Å². The molecule has 0 aliphatic heterocycles. The normalized spacial score (nSPS) is 12.4. The summed E-state index contributed by atoms with van der Waals surface area (Å²) in [7, 11) is -2.64. The fourth-order valence-corrected chi connectivity index (χ4v) is 4.82. The Morgan fingerprint density at radius 3 is 2.24 bits per heavy atom. The van der Waals surface area contributed by atoms with Crippen molar-refractivity contribution >= 4 is 56.6 Å². The second-order valence-electron chi connectivity index (χ2n) is 7.79. The number of carbonyl (C=O) groups is 2. The second kappa shape index (κ2) is 12.7. The van der Waals surface area contributed by atoms with Crippen LogP contribution in [0.15, 0.2) is 47.4 Å². The van der Waals surface area contributed by atoms with Crippen LogP contribution in [0.1, 0.15) is 32.3 Å². The van der Waals surface area contributed by atoms with E-state index in [1.165, 1.54) is 36.2 Å². The highest BCUT2D eigenvalue weighted by Crippen LogP contribution is 2.24. The van der Waals surface area contributed by atoms with Gasteiger partial charge in [0.2, 0.25) is 21.8 Å². The van der Waals surface area contributed by atoms with E-state index in [9.17, 15) is 18.0 Å². The van der Waals surface area contributed by atoms with Crippen molar-refractivity contribution in [2.24, 2.45) is 0 Å². The molecule has 1 atom stereocenters. The molecular weight excluding hydrogens is 521 g/mol. The van der Waals surface area contributed by atoms with Gasteiger partial charge in [0.15, 0.2) is 0 Å². The second-order valence-corrected chi connectivity index (χ2v) is 11.1. The lowest BCUT2D eigenvalue weighted by molar-refractivity contribution is -0.140. The number of nitrogens with one attached hydrogen (secondary N) is 1. The van der Waals surface area contributed by atoms with E-state index < -0.39 is 28.5 Å². The van der Waals surface area contributed by atoms with Gasteiger partial charge in [-0.25, -0.2) is 8.42 Å². The minimum absolute atomic E-state index is 0.00449. The van der Waals surface area contributed by atoms with Crippen LogP contribution in [0, 0.1) is 0 Å². The number of hydrogen-bond donors (Lipinski definition) is 1. The maximum Gasteiger partial charge on any atom is 0.243 e. The van der Waals surface area contributed by atoms with Crippen LogP contribution >= 0.6 is 34.8 Å². The smallest absolute Gasteiger partial charge is 0.243 e. The summed E-state index contributed by atoms with van der Waals surface area (Å²) in [6, 6.07) is 9.65. The molecule has 0 aromatic heterocycles. The van der Waals surface area contributed by atoms with Crippen molar-refractivity contribution in [3.05, 3.63) is 63.1 Å². The average molecular weight is 549 g/mol. The number of nitrogens with zero attached hydrogens (tertiary/aromatic N) is 2. The van der Waals surface area contributed by atoms with Crippen LogP contribution < -0.4 is 5.32 Å². The first kappa shape index (κ1) is 28.4. The first-order valence-corrected chi connectivity index (χ1v) is 13.3.